The van der Waals surface area contributed by atoms with E-state index < -0.39 is 0 Å². The van der Waals surface area contributed by atoms with Gasteiger partial charge in [-0.15, -0.1) is 0 Å². The third-order valence-electron chi connectivity index (χ3n) is 4.41. The first-order chi connectivity index (χ1) is 13.1. The number of carbonyl (C=O) groups is 1. The fraction of sp³-hybridized carbons (Fsp3) is 0.304. The Morgan fingerprint density at radius 3 is 2.33 bits per heavy atom. The van der Waals surface area contributed by atoms with E-state index in [1.165, 1.54) is 0 Å². The van der Waals surface area contributed by atoms with Crippen molar-refractivity contribution in [2.45, 2.75) is 33.6 Å². The molecule has 140 valence electrons. The number of hydrogen-bond acceptors (Lipinski definition) is 4. The lowest BCUT2D eigenvalue weighted by atomic mass is 9.99. The van der Waals surface area contributed by atoms with Crippen LogP contribution >= 0.6 is 0 Å². The molecule has 0 fully saturated rings. The molecule has 0 aliphatic rings. The van der Waals surface area contributed by atoms with E-state index in [1.54, 1.807) is 0 Å². The van der Waals surface area contributed by atoms with E-state index in [2.05, 4.69) is 12.1 Å². The van der Waals surface area contributed by atoms with Gasteiger partial charge in [0.15, 0.2) is 11.5 Å². The molecule has 0 aliphatic carbocycles. The Kier molecular flexibility index (Phi) is 6.07. The summed E-state index contributed by atoms with van der Waals surface area (Å²) < 4.78 is 11.2. The van der Waals surface area contributed by atoms with Crippen molar-refractivity contribution in [2.75, 3.05) is 6.61 Å². The van der Waals surface area contributed by atoms with Crippen molar-refractivity contribution in [1.82, 2.24) is 5.16 Å². The summed E-state index contributed by atoms with van der Waals surface area (Å²) in [5, 5.41) is 4.16. The normalized spacial score (nSPS) is 11.0. The molecule has 1 heterocycles. The molecule has 0 atom stereocenters. The molecule has 0 saturated heterocycles. The maximum absolute atomic E-state index is 12.0. The molecular weight excluding hydrogens is 338 g/mol. The van der Waals surface area contributed by atoms with Gasteiger partial charge < -0.3 is 9.26 Å². The zero-order valence-electron chi connectivity index (χ0n) is 16.1. The highest BCUT2D eigenvalue weighted by Gasteiger charge is 2.12. The molecule has 2 aromatic carbocycles. The third-order valence-corrected chi connectivity index (χ3v) is 4.41. The van der Waals surface area contributed by atoms with Gasteiger partial charge in [0.25, 0.3) is 0 Å². The van der Waals surface area contributed by atoms with Crippen LogP contribution in [0.1, 0.15) is 44.0 Å². The molecule has 0 aliphatic heterocycles. The molecule has 0 amide bonds. The molecule has 27 heavy (non-hydrogen) atoms. The van der Waals surface area contributed by atoms with Gasteiger partial charge in [-0.05, 0) is 30.7 Å². The number of benzene rings is 2. The lowest BCUT2D eigenvalue weighted by Crippen LogP contribution is -2.06. The molecule has 4 heteroatoms. The second-order valence-corrected chi connectivity index (χ2v) is 6.90. The van der Waals surface area contributed by atoms with Crippen molar-refractivity contribution in [2.24, 2.45) is 5.92 Å². The molecule has 0 bridgehead atoms. The molecular formula is C23H25NO3. The fourth-order valence-electron chi connectivity index (χ4n) is 2.74. The fourth-order valence-corrected chi connectivity index (χ4v) is 2.74. The van der Waals surface area contributed by atoms with E-state index in [4.69, 9.17) is 9.26 Å². The van der Waals surface area contributed by atoms with Crippen molar-refractivity contribution < 1.29 is 14.1 Å². The van der Waals surface area contributed by atoms with E-state index in [0.717, 1.165) is 47.6 Å². The minimum absolute atomic E-state index is 0.0107. The maximum atomic E-state index is 12.0. The molecule has 4 nitrogen and oxygen atoms in total. The Hall–Kier alpha value is -2.88. The summed E-state index contributed by atoms with van der Waals surface area (Å²) in [7, 11) is 0. The monoisotopic (exact) mass is 363 g/mol. The van der Waals surface area contributed by atoms with Crippen LogP contribution in [0.2, 0.25) is 0 Å². The lowest BCUT2D eigenvalue weighted by Gasteiger charge is -2.05. The van der Waals surface area contributed by atoms with Gasteiger partial charge in [-0.3, -0.25) is 4.79 Å². The SMILES string of the molecule is CCCCOc1ccc(-c2cc(-c3ccc(C(=O)C(C)C)cc3)no2)cc1. The summed E-state index contributed by atoms with van der Waals surface area (Å²) >= 11 is 0. The smallest absolute Gasteiger partial charge is 0.167 e. The minimum atomic E-state index is -0.0107. The van der Waals surface area contributed by atoms with Gasteiger partial charge >= 0.3 is 0 Å². The largest absolute Gasteiger partial charge is 0.494 e. The van der Waals surface area contributed by atoms with Crippen molar-refractivity contribution in [1.29, 1.82) is 0 Å². The predicted molar refractivity (Wildman–Crippen MR) is 107 cm³/mol. The average molecular weight is 363 g/mol. The summed E-state index contributed by atoms with van der Waals surface area (Å²) in [5.74, 6) is 1.69. The number of rotatable bonds is 8. The minimum Gasteiger partial charge on any atom is -0.494 e. The summed E-state index contributed by atoms with van der Waals surface area (Å²) in [6.45, 7) is 6.68. The van der Waals surface area contributed by atoms with Crippen LogP contribution in [0.15, 0.2) is 59.1 Å². The maximum Gasteiger partial charge on any atom is 0.167 e. The van der Waals surface area contributed by atoms with Crippen molar-refractivity contribution in [3.05, 3.63) is 60.2 Å². The van der Waals surface area contributed by atoms with Crippen molar-refractivity contribution in [3.63, 3.8) is 0 Å². The van der Waals surface area contributed by atoms with Crippen LogP contribution in [0.25, 0.3) is 22.6 Å². The molecule has 0 unspecified atom stereocenters. The first-order valence-corrected chi connectivity index (χ1v) is 9.43. The van der Waals surface area contributed by atoms with Gasteiger partial charge in [0.1, 0.15) is 11.4 Å². The lowest BCUT2D eigenvalue weighted by molar-refractivity contribution is 0.0939. The highest BCUT2D eigenvalue weighted by atomic mass is 16.5. The Labute approximate surface area is 160 Å². The van der Waals surface area contributed by atoms with E-state index >= 15 is 0 Å². The molecule has 0 N–H and O–H groups in total. The van der Waals surface area contributed by atoms with Crippen LogP contribution in [-0.4, -0.2) is 17.5 Å². The zero-order valence-corrected chi connectivity index (χ0v) is 16.1. The number of ketones is 1. The molecule has 0 radical (unpaired) electrons. The number of hydrogen-bond donors (Lipinski definition) is 0. The van der Waals surface area contributed by atoms with Crippen molar-refractivity contribution >= 4 is 5.78 Å². The molecule has 3 rings (SSSR count). The van der Waals surface area contributed by atoms with E-state index in [9.17, 15) is 4.79 Å². The summed E-state index contributed by atoms with van der Waals surface area (Å²) in [5.41, 5.74) is 3.33. The third kappa shape index (κ3) is 4.64. The van der Waals surface area contributed by atoms with Crippen LogP contribution in [0, 0.1) is 5.92 Å². The first kappa shape index (κ1) is 18.9. The number of carbonyl (C=O) groups excluding carboxylic acids is 1. The van der Waals surface area contributed by atoms with Gasteiger partial charge in [-0.1, -0.05) is 56.6 Å². The number of aromatic nitrogens is 1. The van der Waals surface area contributed by atoms with Crippen molar-refractivity contribution in [3.8, 4) is 28.3 Å². The van der Waals surface area contributed by atoms with Crippen LogP contribution < -0.4 is 4.74 Å². The highest BCUT2D eigenvalue weighted by molar-refractivity contribution is 5.97. The molecule has 3 aromatic rings. The second-order valence-electron chi connectivity index (χ2n) is 6.90. The van der Waals surface area contributed by atoms with Gasteiger partial charge in [0.2, 0.25) is 0 Å². The van der Waals surface area contributed by atoms with E-state index in [-0.39, 0.29) is 11.7 Å². The van der Waals surface area contributed by atoms with E-state index in [1.807, 2.05) is 68.4 Å². The topological polar surface area (TPSA) is 52.3 Å². The van der Waals surface area contributed by atoms with Crippen LogP contribution in [0.5, 0.6) is 5.75 Å². The Bertz CT molecular complexity index is 877. The summed E-state index contributed by atoms with van der Waals surface area (Å²) in [4.78, 5) is 12.0. The van der Waals surface area contributed by atoms with Crippen LogP contribution in [0.3, 0.4) is 0 Å². The second kappa shape index (κ2) is 8.67. The quantitative estimate of drug-likeness (QED) is 0.362. The Morgan fingerprint density at radius 1 is 1.04 bits per heavy atom. The highest BCUT2D eigenvalue weighted by Crippen LogP contribution is 2.28. The van der Waals surface area contributed by atoms with Crippen LogP contribution in [-0.2, 0) is 0 Å². The van der Waals surface area contributed by atoms with Gasteiger partial charge in [-0.2, -0.15) is 0 Å². The predicted octanol–water partition coefficient (Wildman–Crippen LogP) is 6.03. The van der Waals surface area contributed by atoms with Gasteiger partial charge in [-0.25, -0.2) is 0 Å². The number of nitrogens with zero attached hydrogens (tertiary/aromatic N) is 1. The first-order valence-electron chi connectivity index (χ1n) is 9.43. The number of ether oxygens (including phenoxy) is 1. The van der Waals surface area contributed by atoms with Gasteiger partial charge in [0, 0.05) is 28.7 Å². The number of Topliss-reactive ketones (excluding diaryl/α,β-unsaturated/α-hetero) is 1. The van der Waals surface area contributed by atoms with Gasteiger partial charge in [0.05, 0.1) is 6.61 Å². The Morgan fingerprint density at radius 2 is 1.70 bits per heavy atom. The van der Waals surface area contributed by atoms with Crippen LogP contribution in [0.4, 0.5) is 0 Å². The molecule has 1 aromatic heterocycles. The van der Waals surface area contributed by atoms with E-state index in [0.29, 0.717) is 5.76 Å². The number of unbranched alkanes of at least 4 members (excludes halogenated alkanes) is 1. The molecule has 0 spiro atoms. The molecule has 0 saturated carbocycles. The summed E-state index contributed by atoms with van der Waals surface area (Å²) in [6, 6.07) is 17.2. The standard InChI is InChI=1S/C23H25NO3/c1-4-5-14-26-20-12-10-18(11-13-20)22-15-21(24-27-22)17-6-8-19(9-7-17)23(25)16(2)3/h6-13,15-16H,4-5,14H2,1-3H3. The zero-order chi connectivity index (χ0) is 19.2. The summed E-state index contributed by atoms with van der Waals surface area (Å²) in [6.07, 6.45) is 2.17. The Balaban J connectivity index is 1.72. The average Bonchev–Trinajstić information content (AvgIpc) is 3.18.